The number of benzene rings is 3. The van der Waals surface area contributed by atoms with E-state index in [1.807, 2.05) is 6.92 Å². The third-order valence-corrected chi connectivity index (χ3v) is 8.60. The molecule has 4 aromatic rings. The van der Waals surface area contributed by atoms with Crippen LogP contribution < -0.4 is 9.47 Å². The molecule has 3 aromatic carbocycles. The molecule has 5 rings (SSSR count). The zero-order valence-electron chi connectivity index (χ0n) is 21.5. The Morgan fingerprint density at radius 2 is 1.82 bits per heavy atom. The van der Waals surface area contributed by atoms with Crippen LogP contribution in [0, 0.1) is 25.5 Å². The molecule has 0 saturated heterocycles. The number of amides is 1. The Balaban J connectivity index is 1.71. The van der Waals surface area contributed by atoms with Crippen LogP contribution in [0.4, 0.5) is 8.78 Å². The molecule has 1 aromatic heterocycles. The first-order valence-corrected chi connectivity index (χ1v) is 13.8. The minimum atomic E-state index is -4.11. The fourth-order valence-electron chi connectivity index (χ4n) is 4.54. The van der Waals surface area contributed by atoms with Gasteiger partial charge in [-0.2, -0.15) is 0 Å². The predicted molar refractivity (Wildman–Crippen MR) is 141 cm³/mol. The van der Waals surface area contributed by atoms with Crippen LogP contribution in [0.2, 0.25) is 5.02 Å². The zero-order valence-corrected chi connectivity index (χ0v) is 23.0. The molecule has 1 aliphatic rings. The van der Waals surface area contributed by atoms with E-state index in [4.69, 9.17) is 21.1 Å². The molecular formula is C27H24ClF2N3O5S. The molecule has 0 radical (unpaired) electrons. The normalized spacial score (nSPS) is 15.1. The average Bonchev–Trinajstić information content (AvgIpc) is 3.23. The summed E-state index contributed by atoms with van der Waals surface area (Å²) in [6, 6.07) is 9.86. The summed E-state index contributed by atoms with van der Waals surface area (Å²) >= 11 is 6.04. The van der Waals surface area contributed by atoms with E-state index in [1.54, 1.807) is 26.2 Å². The summed E-state index contributed by atoms with van der Waals surface area (Å²) in [5.41, 5.74) is 1.21. The first kappa shape index (κ1) is 26.9. The standard InChI is InChI=1S/C27H24ClF2N3O5S/c1-14-5-7-17(8-6-14)39(35,36)33-15(2)31-25-20(33)11-16(27(34)32(3)4)12-22(25)38-21-9-10-37-26-23(21)18(29)13-19(30)24(26)28/h5-8,11-13,21H,9-10H2,1-4H3/t21-/m0/s1. The van der Waals surface area contributed by atoms with Crippen molar-refractivity contribution in [3.8, 4) is 11.5 Å². The largest absolute Gasteiger partial charge is 0.491 e. The van der Waals surface area contributed by atoms with Crippen molar-refractivity contribution in [2.75, 3.05) is 20.7 Å². The Labute approximate surface area is 228 Å². The van der Waals surface area contributed by atoms with Crippen molar-refractivity contribution in [2.24, 2.45) is 0 Å². The summed E-state index contributed by atoms with van der Waals surface area (Å²) in [7, 11) is -1.00. The van der Waals surface area contributed by atoms with E-state index >= 15 is 0 Å². The maximum atomic E-state index is 14.9. The molecule has 0 spiro atoms. The Morgan fingerprint density at radius 3 is 2.49 bits per heavy atom. The lowest BCUT2D eigenvalue weighted by Gasteiger charge is -2.28. The van der Waals surface area contributed by atoms with Crippen LogP contribution in [0.1, 0.15) is 39.8 Å². The number of nitrogens with zero attached hydrogens (tertiary/aromatic N) is 3. The van der Waals surface area contributed by atoms with Gasteiger partial charge in [0.1, 0.15) is 39.9 Å². The monoisotopic (exact) mass is 575 g/mol. The van der Waals surface area contributed by atoms with Crippen LogP contribution in [0.25, 0.3) is 11.0 Å². The summed E-state index contributed by atoms with van der Waals surface area (Å²) in [5.74, 6) is -2.26. The summed E-state index contributed by atoms with van der Waals surface area (Å²) in [4.78, 5) is 18.8. The van der Waals surface area contributed by atoms with Gasteiger partial charge in [0.2, 0.25) is 0 Å². The molecule has 0 saturated carbocycles. The first-order chi connectivity index (χ1) is 18.4. The third kappa shape index (κ3) is 4.59. The van der Waals surface area contributed by atoms with Gasteiger partial charge in [0.15, 0.2) is 5.75 Å². The summed E-state index contributed by atoms with van der Waals surface area (Å²) < 4.78 is 69.1. The van der Waals surface area contributed by atoms with Gasteiger partial charge in [-0.3, -0.25) is 4.79 Å². The minimum absolute atomic E-state index is 0.0411. The van der Waals surface area contributed by atoms with Gasteiger partial charge in [0.05, 0.1) is 22.6 Å². The Kier molecular flexibility index (Phi) is 6.76. The second-order valence-corrected chi connectivity index (χ2v) is 11.6. The van der Waals surface area contributed by atoms with E-state index in [1.165, 1.54) is 36.1 Å². The number of imidazole rings is 1. The number of hydrogen-bond donors (Lipinski definition) is 0. The lowest BCUT2D eigenvalue weighted by atomic mass is 10.0. The minimum Gasteiger partial charge on any atom is -0.491 e. The fraction of sp³-hybridized carbons (Fsp3) is 0.259. The number of ether oxygens (including phenoxy) is 2. The molecule has 12 heteroatoms. The molecule has 204 valence electrons. The average molecular weight is 576 g/mol. The van der Waals surface area contributed by atoms with Crippen LogP contribution in [-0.4, -0.2) is 48.9 Å². The van der Waals surface area contributed by atoms with Crippen molar-refractivity contribution in [3.05, 3.63) is 81.6 Å². The number of aryl methyl sites for hydroxylation is 2. The molecule has 1 atom stereocenters. The number of aromatic nitrogens is 2. The number of halogens is 3. The van der Waals surface area contributed by atoms with Crippen molar-refractivity contribution >= 4 is 38.6 Å². The topological polar surface area (TPSA) is 90.7 Å². The van der Waals surface area contributed by atoms with E-state index in [9.17, 15) is 22.0 Å². The Hall–Kier alpha value is -3.70. The smallest absolute Gasteiger partial charge is 0.269 e. The van der Waals surface area contributed by atoms with E-state index in [0.29, 0.717) is 6.07 Å². The second-order valence-electron chi connectivity index (χ2n) is 9.42. The highest BCUT2D eigenvalue weighted by Crippen LogP contribution is 2.44. The highest BCUT2D eigenvalue weighted by atomic mass is 35.5. The summed E-state index contributed by atoms with van der Waals surface area (Å²) in [6.07, 6.45) is -0.792. The van der Waals surface area contributed by atoms with Gasteiger partial charge in [0.25, 0.3) is 15.9 Å². The van der Waals surface area contributed by atoms with Gasteiger partial charge in [-0.15, -0.1) is 0 Å². The Bertz CT molecular complexity index is 1740. The molecule has 8 nitrogen and oxygen atoms in total. The number of carbonyl (C=O) groups is 1. The van der Waals surface area contributed by atoms with Crippen LogP contribution in [0.5, 0.6) is 11.5 Å². The van der Waals surface area contributed by atoms with Crippen molar-refractivity contribution in [1.29, 1.82) is 0 Å². The first-order valence-electron chi connectivity index (χ1n) is 11.9. The molecule has 0 fully saturated rings. The van der Waals surface area contributed by atoms with E-state index in [0.717, 1.165) is 9.54 Å². The maximum Gasteiger partial charge on any atom is 0.269 e. The predicted octanol–water partition coefficient (Wildman–Crippen LogP) is 5.43. The van der Waals surface area contributed by atoms with Gasteiger partial charge in [0, 0.05) is 32.1 Å². The van der Waals surface area contributed by atoms with Crippen LogP contribution >= 0.6 is 11.6 Å². The van der Waals surface area contributed by atoms with E-state index < -0.39 is 33.7 Å². The molecule has 1 aliphatic heterocycles. The number of carbonyl (C=O) groups excluding carboxylic acids is 1. The second kappa shape index (κ2) is 9.80. The van der Waals surface area contributed by atoms with Crippen molar-refractivity contribution < 1.29 is 31.5 Å². The number of rotatable bonds is 5. The number of fused-ring (bicyclic) bond motifs is 2. The highest BCUT2D eigenvalue weighted by molar-refractivity contribution is 7.90. The SMILES string of the molecule is Cc1ccc(S(=O)(=O)n2c(C)nc3c(O[C@H]4CCOc5c(Cl)c(F)cc(F)c54)cc(C(=O)N(C)C)cc32)cc1. The molecule has 0 aliphatic carbocycles. The molecule has 39 heavy (non-hydrogen) atoms. The maximum absolute atomic E-state index is 14.9. The lowest BCUT2D eigenvalue weighted by molar-refractivity contribution is 0.0826. The van der Waals surface area contributed by atoms with Crippen LogP contribution in [0.3, 0.4) is 0 Å². The molecular weight excluding hydrogens is 552 g/mol. The quantitative estimate of drug-likeness (QED) is 0.295. The molecule has 0 N–H and O–H groups in total. The van der Waals surface area contributed by atoms with Crippen molar-refractivity contribution in [2.45, 2.75) is 31.3 Å². The summed E-state index contributed by atoms with van der Waals surface area (Å²) in [6.45, 7) is 3.43. The van der Waals surface area contributed by atoms with E-state index in [-0.39, 0.29) is 62.4 Å². The molecule has 0 bridgehead atoms. The highest BCUT2D eigenvalue weighted by Gasteiger charge is 2.33. The third-order valence-electron chi connectivity index (χ3n) is 6.44. The van der Waals surface area contributed by atoms with Gasteiger partial charge < -0.3 is 14.4 Å². The Morgan fingerprint density at radius 1 is 1.13 bits per heavy atom. The molecule has 2 heterocycles. The van der Waals surface area contributed by atoms with E-state index in [2.05, 4.69) is 4.98 Å². The zero-order chi connectivity index (χ0) is 28.2. The van der Waals surface area contributed by atoms with Gasteiger partial charge >= 0.3 is 0 Å². The lowest BCUT2D eigenvalue weighted by Crippen LogP contribution is -2.23. The van der Waals surface area contributed by atoms with Crippen molar-refractivity contribution in [3.63, 3.8) is 0 Å². The fourth-order valence-corrected chi connectivity index (χ4v) is 6.23. The van der Waals surface area contributed by atoms with Gasteiger partial charge in [-0.25, -0.2) is 26.2 Å². The van der Waals surface area contributed by atoms with Gasteiger partial charge in [-0.1, -0.05) is 29.3 Å². The van der Waals surface area contributed by atoms with Gasteiger partial charge in [-0.05, 0) is 38.1 Å². The number of hydrogen-bond acceptors (Lipinski definition) is 6. The van der Waals surface area contributed by atoms with Crippen molar-refractivity contribution in [1.82, 2.24) is 13.9 Å². The van der Waals surface area contributed by atoms with Crippen LogP contribution in [-0.2, 0) is 10.0 Å². The molecule has 1 amide bonds. The molecule has 0 unspecified atom stereocenters. The van der Waals surface area contributed by atoms with Crippen LogP contribution in [0.15, 0.2) is 47.4 Å². The summed E-state index contributed by atoms with van der Waals surface area (Å²) in [5, 5.41) is -0.370.